The Hall–Kier alpha value is -1.42. The molecule has 0 aliphatic carbocycles. The van der Waals surface area contributed by atoms with E-state index >= 15 is 0 Å². The molecule has 0 aromatic heterocycles. The molecule has 0 bridgehead atoms. The summed E-state index contributed by atoms with van der Waals surface area (Å²) in [6.45, 7) is 5.66. The maximum Gasteiger partial charge on any atom is 0.254 e. The summed E-state index contributed by atoms with van der Waals surface area (Å²) in [6, 6.07) is 4.42. The molecule has 2 aliphatic rings. The van der Waals surface area contributed by atoms with Crippen LogP contribution >= 0.6 is 0 Å². The molecule has 1 aromatic rings. The van der Waals surface area contributed by atoms with Gasteiger partial charge in [0, 0.05) is 18.7 Å². The zero-order valence-electron chi connectivity index (χ0n) is 12.6. The van der Waals surface area contributed by atoms with Gasteiger partial charge in [-0.25, -0.2) is 4.39 Å². The number of hydrogen-bond donors (Lipinski definition) is 1. The predicted octanol–water partition coefficient (Wildman–Crippen LogP) is 2.74. The zero-order chi connectivity index (χ0) is 14.9. The monoisotopic (exact) mass is 290 g/mol. The van der Waals surface area contributed by atoms with Gasteiger partial charge in [-0.3, -0.25) is 4.79 Å². The first-order valence-electron chi connectivity index (χ1n) is 7.86. The van der Waals surface area contributed by atoms with E-state index in [0.717, 1.165) is 44.6 Å². The van der Waals surface area contributed by atoms with Gasteiger partial charge in [-0.15, -0.1) is 0 Å². The van der Waals surface area contributed by atoms with Gasteiger partial charge in [0.15, 0.2) is 0 Å². The smallest absolute Gasteiger partial charge is 0.254 e. The quantitative estimate of drug-likeness (QED) is 0.862. The zero-order valence-corrected chi connectivity index (χ0v) is 12.6. The Morgan fingerprint density at radius 2 is 1.86 bits per heavy atom. The van der Waals surface area contributed by atoms with Gasteiger partial charge >= 0.3 is 0 Å². The number of nitrogens with one attached hydrogen (secondary N) is 1. The van der Waals surface area contributed by atoms with Crippen LogP contribution in [0.5, 0.6) is 0 Å². The number of hydrogen-bond acceptors (Lipinski definition) is 2. The van der Waals surface area contributed by atoms with Crippen LogP contribution in [-0.4, -0.2) is 37.0 Å². The van der Waals surface area contributed by atoms with E-state index in [4.69, 9.17) is 0 Å². The van der Waals surface area contributed by atoms with Crippen LogP contribution in [-0.2, 0) is 0 Å². The van der Waals surface area contributed by atoms with Crippen LogP contribution in [0.25, 0.3) is 0 Å². The molecule has 0 radical (unpaired) electrons. The Morgan fingerprint density at radius 1 is 1.19 bits per heavy atom. The highest BCUT2D eigenvalue weighted by Crippen LogP contribution is 2.39. The van der Waals surface area contributed by atoms with Crippen molar-refractivity contribution in [3.63, 3.8) is 0 Å². The third kappa shape index (κ3) is 2.95. The van der Waals surface area contributed by atoms with Crippen molar-refractivity contribution in [3.8, 4) is 0 Å². The number of amides is 1. The van der Waals surface area contributed by atoms with Gasteiger partial charge in [-0.05, 0) is 74.9 Å². The minimum Gasteiger partial charge on any atom is -0.339 e. The topological polar surface area (TPSA) is 32.3 Å². The molecule has 1 amide bonds. The van der Waals surface area contributed by atoms with Crippen molar-refractivity contribution in [3.05, 3.63) is 35.1 Å². The van der Waals surface area contributed by atoms with Crippen LogP contribution in [0.1, 0.15) is 41.6 Å². The number of likely N-dealkylation sites (tertiary alicyclic amines) is 1. The molecule has 21 heavy (non-hydrogen) atoms. The number of aryl methyl sites for hydroxylation is 1. The van der Waals surface area contributed by atoms with Crippen molar-refractivity contribution < 1.29 is 9.18 Å². The maximum absolute atomic E-state index is 13.2. The first-order valence-corrected chi connectivity index (χ1v) is 7.86. The first kappa shape index (κ1) is 14.5. The molecule has 2 aliphatic heterocycles. The fourth-order valence-electron chi connectivity index (χ4n) is 3.68. The maximum atomic E-state index is 13.2. The molecule has 1 aromatic carbocycles. The van der Waals surface area contributed by atoms with Crippen molar-refractivity contribution in [2.45, 2.75) is 32.6 Å². The SMILES string of the molecule is Cc1cc(F)ccc1C(=O)N1CCC2(CCNCC2)CC1. The third-order valence-electron chi connectivity index (χ3n) is 5.19. The molecule has 1 spiro atoms. The van der Waals surface area contributed by atoms with Gasteiger partial charge in [-0.1, -0.05) is 0 Å². The molecule has 2 saturated heterocycles. The normalized spacial score (nSPS) is 21.5. The van der Waals surface area contributed by atoms with Gasteiger partial charge in [0.2, 0.25) is 0 Å². The van der Waals surface area contributed by atoms with Crippen LogP contribution in [0.3, 0.4) is 0 Å². The summed E-state index contributed by atoms with van der Waals surface area (Å²) in [7, 11) is 0. The van der Waals surface area contributed by atoms with E-state index in [1.165, 1.54) is 25.0 Å². The number of benzene rings is 1. The molecule has 2 fully saturated rings. The van der Waals surface area contributed by atoms with Crippen molar-refractivity contribution in [1.82, 2.24) is 10.2 Å². The summed E-state index contributed by atoms with van der Waals surface area (Å²) >= 11 is 0. The van der Waals surface area contributed by atoms with E-state index in [1.807, 2.05) is 4.90 Å². The minimum atomic E-state index is -0.281. The summed E-state index contributed by atoms with van der Waals surface area (Å²) in [4.78, 5) is 14.5. The summed E-state index contributed by atoms with van der Waals surface area (Å²) < 4.78 is 13.2. The van der Waals surface area contributed by atoms with Gasteiger partial charge in [0.05, 0.1) is 0 Å². The van der Waals surface area contributed by atoms with E-state index in [2.05, 4.69) is 5.32 Å². The van der Waals surface area contributed by atoms with Crippen LogP contribution in [0.2, 0.25) is 0 Å². The van der Waals surface area contributed by atoms with Gasteiger partial charge in [0.1, 0.15) is 5.82 Å². The number of piperidine rings is 2. The molecule has 0 unspecified atom stereocenters. The molecule has 0 saturated carbocycles. The van der Waals surface area contributed by atoms with Gasteiger partial charge in [-0.2, -0.15) is 0 Å². The van der Waals surface area contributed by atoms with Gasteiger partial charge < -0.3 is 10.2 Å². The molecule has 1 N–H and O–H groups in total. The first-order chi connectivity index (χ1) is 10.1. The highest BCUT2D eigenvalue weighted by molar-refractivity contribution is 5.95. The van der Waals surface area contributed by atoms with E-state index in [9.17, 15) is 9.18 Å². The van der Waals surface area contributed by atoms with E-state index < -0.39 is 0 Å². The van der Waals surface area contributed by atoms with Crippen molar-refractivity contribution in [2.75, 3.05) is 26.2 Å². The molecular weight excluding hydrogens is 267 g/mol. The Kier molecular flexibility index (Phi) is 3.98. The second kappa shape index (κ2) is 5.76. The Morgan fingerprint density at radius 3 is 2.48 bits per heavy atom. The Labute approximate surface area is 125 Å². The summed E-state index contributed by atoms with van der Waals surface area (Å²) in [5.41, 5.74) is 1.81. The standard InChI is InChI=1S/C17H23FN2O/c1-13-12-14(18)2-3-15(13)16(21)20-10-6-17(7-11-20)4-8-19-9-5-17/h2-3,12,19H,4-11H2,1H3. The molecule has 3 nitrogen and oxygen atoms in total. The molecule has 2 heterocycles. The summed E-state index contributed by atoms with van der Waals surface area (Å²) in [6.07, 6.45) is 4.65. The predicted molar refractivity (Wildman–Crippen MR) is 80.8 cm³/mol. The van der Waals surface area contributed by atoms with E-state index in [0.29, 0.717) is 11.0 Å². The second-order valence-corrected chi connectivity index (χ2v) is 6.50. The number of halogens is 1. The molecule has 114 valence electrons. The van der Waals surface area contributed by atoms with E-state index in [-0.39, 0.29) is 11.7 Å². The highest BCUT2D eigenvalue weighted by atomic mass is 19.1. The largest absolute Gasteiger partial charge is 0.339 e. The highest BCUT2D eigenvalue weighted by Gasteiger charge is 2.36. The number of rotatable bonds is 1. The van der Waals surface area contributed by atoms with Crippen LogP contribution in [0.4, 0.5) is 4.39 Å². The van der Waals surface area contributed by atoms with Crippen LogP contribution in [0, 0.1) is 18.2 Å². The van der Waals surface area contributed by atoms with Crippen molar-refractivity contribution >= 4 is 5.91 Å². The molecule has 4 heteroatoms. The Balaban J connectivity index is 1.67. The fraction of sp³-hybridized carbons (Fsp3) is 0.588. The lowest BCUT2D eigenvalue weighted by Crippen LogP contribution is -2.47. The average molecular weight is 290 g/mol. The minimum absolute atomic E-state index is 0.0521. The molecular formula is C17H23FN2O. The lowest BCUT2D eigenvalue weighted by atomic mass is 9.71. The number of carbonyl (C=O) groups is 1. The number of carbonyl (C=O) groups excluding carboxylic acids is 1. The number of nitrogens with zero attached hydrogens (tertiary/aromatic N) is 1. The average Bonchev–Trinajstić information content (AvgIpc) is 2.48. The van der Waals surface area contributed by atoms with Crippen molar-refractivity contribution in [2.24, 2.45) is 5.41 Å². The summed E-state index contributed by atoms with van der Waals surface area (Å²) in [5.74, 6) is -0.229. The van der Waals surface area contributed by atoms with Crippen molar-refractivity contribution in [1.29, 1.82) is 0 Å². The Bertz CT molecular complexity index is 528. The lowest BCUT2D eigenvalue weighted by Gasteiger charge is -2.44. The second-order valence-electron chi connectivity index (χ2n) is 6.50. The summed E-state index contributed by atoms with van der Waals surface area (Å²) in [5, 5.41) is 3.41. The lowest BCUT2D eigenvalue weighted by molar-refractivity contribution is 0.0495. The molecule has 0 atom stereocenters. The third-order valence-corrected chi connectivity index (χ3v) is 5.19. The molecule has 3 rings (SSSR count). The van der Waals surface area contributed by atoms with Gasteiger partial charge in [0.25, 0.3) is 5.91 Å². The van der Waals surface area contributed by atoms with E-state index in [1.54, 1.807) is 13.0 Å². The van der Waals surface area contributed by atoms with Crippen LogP contribution < -0.4 is 5.32 Å². The van der Waals surface area contributed by atoms with Crippen LogP contribution in [0.15, 0.2) is 18.2 Å². The fourth-order valence-corrected chi connectivity index (χ4v) is 3.68.